The van der Waals surface area contributed by atoms with Crippen LogP contribution in [0.25, 0.3) is 11.1 Å². The highest BCUT2D eigenvalue weighted by molar-refractivity contribution is 9.10. The van der Waals surface area contributed by atoms with E-state index in [1.54, 1.807) is 0 Å². The quantitative estimate of drug-likeness (QED) is 0.550. The Morgan fingerprint density at radius 1 is 1.22 bits per heavy atom. The maximum Gasteiger partial charge on any atom is 0.346 e. The molecule has 136 valence electrons. The Kier molecular flexibility index (Phi) is 4.61. The molecule has 0 fully saturated rings. The second-order valence-corrected chi connectivity index (χ2v) is 8.54. The minimum atomic E-state index is -0.979. The first-order chi connectivity index (χ1) is 12.9. The van der Waals surface area contributed by atoms with E-state index in [-0.39, 0.29) is 16.7 Å². The molecule has 1 aliphatic rings. The van der Waals surface area contributed by atoms with Crippen LogP contribution in [0.5, 0.6) is 0 Å². The molecule has 1 amide bonds. The number of thiophene rings is 1. The van der Waals surface area contributed by atoms with Gasteiger partial charge in [0.15, 0.2) is 0 Å². The van der Waals surface area contributed by atoms with Crippen molar-refractivity contribution in [2.24, 2.45) is 0 Å². The molecule has 0 bridgehead atoms. The molecule has 0 radical (unpaired) electrons. The van der Waals surface area contributed by atoms with Crippen LogP contribution in [0.4, 0.5) is 5.69 Å². The van der Waals surface area contributed by atoms with Crippen molar-refractivity contribution in [1.82, 2.24) is 0 Å². The van der Waals surface area contributed by atoms with Gasteiger partial charge in [-0.25, -0.2) is 4.79 Å². The van der Waals surface area contributed by atoms with Crippen molar-refractivity contribution >= 4 is 44.8 Å². The van der Waals surface area contributed by atoms with Crippen molar-refractivity contribution in [1.29, 1.82) is 0 Å². The Balaban J connectivity index is 1.94. The third-order valence-corrected chi connectivity index (χ3v) is 6.48. The molecule has 2 heterocycles. The van der Waals surface area contributed by atoms with Gasteiger partial charge in [-0.1, -0.05) is 57.9 Å². The maximum atomic E-state index is 12.4. The molecule has 1 aliphatic heterocycles. The van der Waals surface area contributed by atoms with Crippen LogP contribution >= 0.6 is 27.3 Å². The average molecular weight is 442 g/mol. The van der Waals surface area contributed by atoms with Crippen LogP contribution in [0.15, 0.2) is 53.0 Å². The Bertz CT molecular complexity index is 1060. The standard InChI is InChI=1S/C21H16BrNO3S/c1-11-5-7-12(8-6-11)17-18-19(27-20(17)21(25)26)15(10-16(24)23-18)13-3-2-4-14(22)9-13/h2-9,15H,10H2,1H3,(H,23,24)(H,25,26)/t15-/m0/s1. The first-order valence-corrected chi connectivity index (χ1v) is 10.1. The SMILES string of the molecule is Cc1ccc(-c2c(C(=O)O)sc3c2NC(=O)C[C@H]3c2cccc(Br)c2)cc1. The number of aryl methyl sites for hydroxylation is 1. The normalized spacial score (nSPS) is 15.9. The molecule has 4 nitrogen and oxygen atoms in total. The third kappa shape index (κ3) is 3.31. The zero-order chi connectivity index (χ0) is 19.1. The zero-order valence-corrected chi connectivity index (χ0v) is 16.9. The Hall–Kier alpha value is -2.44. The number of aromatic carboxylic acids is 1. The van der Waals surface area contributed by atoms with Crippen molar-refractivity contribution in [3.63, 3.8) is 0 Å². The van der Waals surface area contributed by atoms with Gasteiger partial charge in [-0.3, -0.25) is 4.79 Å². The molecule has 0 unspecified atom stereocenters. The van der Waals surface area contributed by atoms with Crippen molar-refractivity contribution < 1.29 is 14.7 Å². The summed E-state index contributed by atoms with van der Waals surface area (Å²) in [6.07, 6.45) is 0.302. The Morgan fingerprint density at radius 2 is 1.96 bits per heavy atom. The van der Waals surface area contributed by atoms with Gasteiger partial charge in [-0.05, 0) is 30.2 Å². The average Bonchev–Trinajstić information content (AvgIpc) is 3.01. The molecule has 4 rings (SSSR count). The van der Waals surface area contributed by atoms with Gasteiger partial charge in [0.1, 0.15) is 4.88 Å². The van der Waals surface area contributed by atoms with Crippen LogP contribution in [0.1, 0.15) is 38.0 Å². The second-order valence-electron chi connectivity index (χ2n) is 6.58. The van der Waals surface area contributed by atoms with Gasteiger partial charge in [-0.2, -0.15) is 0 Å². The van der Waals surface area contributed by atoms with Gasteiger partial charge < -0.3 is 10.4 Å². The number of benzene rings is 2. The van der Waals surface area contributed by atoms with E-state index in [9.17, 15) is 14.7 Å². The number of carboxylic acids is 1. The number of fused-ring (bicyclic) bond motifs is 1. The number of carboxylic acid groups (broad SMARTS) is 1. The molecule has 6 heteroatoms. The molecule has 2 N–H and O–H groups in total. The topological polar surface area (TPSA) is 66.4 Å². The molecular weight excluding hydrogens is 426 g/mol. The molecular formula is C21H16BrNO3S. The number of rotatable bonds is 3. The maximum absolute atomic E-state index is 12.4. The summed E-state index contributed by atoms with van der Waals surface area (Å²) in [5.41, 5.74) is 4.11. The number of hydrogen-bond acceptors (Lipinski definition) is 3. The largest absolute Gasteiger partial charge is 0.477 e. The lowest BCUT2D eigenvalue weighted by atomic mass is 9.88. The molecule has 0 saturated carbocycles. The van der Waals surface area contributed by atoms with E-state index in [0.29, 0.717) is 17.7 Å². The highest BCUT2D eigenvalue weighted by Gasteiger charge is 2.34. The van der Waals surface area contributed by atoms with Gasteiger partial charge in [0, 0.05) is 27.3 Å². The van der Waals surface area contributed by atoms with E-state index in [2.05, 4.69) is 21.2 Å². The Labute approximate surface area is 169 Å². The smallest absolute Gasteiger partial charge is 0.346 e. The van der Waals surface area contributed by atoms with Crippen LogP contribution in [-0.4, -0.2) is 17.0 Å². The van der Waals surface area contributed by atoms with Crippen LogP contribution in [0, 0.1) is 6.92 Å². The van der Waals surface area contributed by atoms with Crippen molar-refractivity contribution in [2.45, 2.75) is 19.3 Å². The van der Waals surface area contributed by atoms with E-state index in [0.717, 1.165) is 26.0 Å². The molecule has 3 aromatic rings. The molecule has 1 atom stereocenters. The fourth-order valence-corrected chi connectivity index (χ4v) is 5.09. The van der Waals surface area contributed by atoms with E-state index < -0.39 is 5.97 Å². The van der Waals surface area contributed by atoms with Gasteiger partial charge in [0.05, 0.1) is 5.69 Å². The van der Waals surface area contributed by atoms with Crippen molar-refractivity contribution in [3.05, 3.63) is 73.9 Å². The van der Waals surface area contributed by atoms with Gasteiger partial charge >= 0.3 is 5.97 Å². The molecule has 2 aromatic carbocycles. The number of nitrogens with one attached hydrogen (secondary N) is 1. The number of amides is 1. The lowest BCUT2D eigenvalue weighted by molar-refractivity contribution is -0.116. The molecule has 0 saturated heterocycles. The highest BCUT2D eigenvalue weighted by atomic mass is 79.9. The predicted molar refractivity (Wildman–Crippen MR) is 111 cm³/mol. The predicted octanol–water partition coefficient (Wildman–Crippen LogP) is 5.66. The summed E-state index contributed by atoms with van der Waals surface area (Å²) in [5.74, 6) is -1.24. The molecule has 0 aliphatic carbocycles. The summed E-state index contributed by atoms with van der Waals surface area (Å²) >= 11 is 4.73. The van der Waals surface area contributed by atoms with E-state index in [4.69, 9.17) is 0 Å². The van der Waals surface area contributed by atoms with Crippen LogP contribution < -0.4 is 5.32 Å². The monoisotopic (exact) mass is 441 g/mol. The summed E-state index contributed by atoms with van der Waals surface area (Å²) in [6.45, 7) is 1.98. The number of halogens is 1. The molecule has 0 spiro atoms. The van der Waals surface area contributed by atoms with Crippen molar-refractivity contribution in [3.8, 4) is 11.1 Å². The van der Waals surface area contributed by atoms with Gasteiger partial charge in [0.25, 0.3) is 0 Å². The minimum Gasteiger partial charge on any atom is -0.477 e. The fourth-order valence-electron chi connectivity index (χ4n) is 3.43. The number of anilines is 1. The second kappa shape index (κ2) is 6.94. The summed E-state index contributed by atoms with van der Waals surface area (Å²) in [5, 5.41) is 12.7. The number of carbonyl (C=O) groups excluding carboxylic acids is 1. The Morgan fingerprint density at radius 3 is 2.63 bits per heavy atom. The van der Waals surface area contributed by atoms with Crippen molar-refractivity contribution in [2.75, 3.05) is 5.32 Å². The van der Waals surface area contributed by atoms with Crippen LogP contribution in [0.3, 0.4) is 0 Å². The first kappa shape index (κ1) is 17.9. The van der Waals surface area contributed by atoms with E-state index >= 15 is 0 Å². The number of carbonyl (C=O) groups is 2. The summed E-state index contributed by atoms with van der Waals surface area (Å²) < 4.78 is 0.932. The molecule has 27 heavy (non-hydrogen) atoms. The van der Waals surface area contributed by atoms with Crippen LogP contribution in [0.2, 0.25) is 0 Å². The van der Waals surface area contributed by atoms with Crippen LogP contribution in [-0.2, 0) is 4.79 Å². The third-order valence-electron chi connectivity index (χ3n) is 4.69. The zero-order valence-electron chi connectivity index (χ0n) is 14.5. The lowest BCUT2D eigenvalue weighted by Gasteiger charge is -2.24. The van der Waals surface area contributed by atoms with Gasteiger partial charge in [0.2, 0.25) is 5.91 Å². The summed E-state index contributed by atoms with van der Waals surface area (Å²) in [6, 6.07) is 15.5. The van der Waals surface area contributed by atoms with E-state index in [1.807, 2.05) is 55.5 Å². The minimum absolute atomic E-state index is 0.101. The summed E-state index contributed by atoms with van der Waals surface area (Å²) in [7, 11) is 0. The van der Waals surface area contributed by atoms with E-state index in [1.165, 1.54) is 11.3 Å². The first-order valence-electron chi connectivity index (χ1n) is 8.46. The highest BCUT2D eigenvalue weighted by Crippen LogP contribution is 2.49. The summed E-state index contributed by atoms with van der Waals surface area (Å²) in [4.78, 5) is 25.5. The fraction of sp³-hybridized carbons (Fsp3) is 0.143. The number of hydrogen-bond donors (Lipinski definition) is 2. The van der Waals surface area contributed by atoms with Gasteiger partial charge in [-0.15, -0.1) is 11.3 Å². The molecule has 1 aromatic heterocycles. The lowest BCUT2D eigenvalue weighted by Crippen LogP contribution is -2.22.